The smallest absolute Gasteiger partial charge is 0.325 e. The Kier molecular flexibility index (Phi) is 5.17. The van der Waals surface area contributed by atoms with Gasteiger partial charge >= 0.3 is 6.18 Å². The van der Waals surface area contributed by atoms with Crippen molar-refractivity contribution in [1.82, 2.24) is 10.2 Å². The Labute approximate surface area is 172 Å². The van der Waals surface area contributed by atoms with E-state index in [0.717, 1.165) is 30.3 Å². The van der Waals surface area contributed by atoms with Gasteiger partial charge in [-0.1, -0.05) is 41.9 Å². The predicted octanol–water partition coefficient (Wildman–Crippen LogP) is 4.99. The molecule has 0 aromatic heterocycles. The van der Waals surface area contributed by atoms with Gasteiger partial charge in [0.25, 0.3) is 0 Å². The largest absolute Gasteiger partial charge is 0.416 e. The molecule has 2 aliphatic heterocycles. The van der Waals surface area contributed by atoms with Crippen molar-refractivity contribution in [3.8, 4) is 0 Å². The van der Waals surface area contributed by atoms with Crippen molar-refractivity contribution in [2.45, 2.75) is 31.1 Å². The average molecular weight is 421 g/mol. The minimum Gasteiger partial charge on any atom is -0.325 e. The van der Waals surface area contributed by atoms with Crippen molar-refractivity contribution >= 4 is 23.6 Å². The molecule has 152 valence electrons. The zero-order valence-electron chi connectivity index (χ0n) is 15.6. The van der Waals surface area contributed by atoms with E-state index < -0.39 is 17.3 Å². The molecule has 29 heavy (non-hydrogen) atoms. The average Bonchev–Trinajstić information content (AvgIpc) is 3.01. The summed E-state index contributed by atoms with van der Waals surface area (Å²) in [6.07, 6.45) is -0.554. The van der Waals surface area contributed by atoms with Gasteiger partial charge in [0.2, 0.25) is 5.91 Å². The Morgan fingerprint density at radius 3 is 2.55 bits per heavy atom. The molecule has 2 aromatic rings. The molecule has 1 N–H and O–H groups in total. The lowest BCUT2D eigenvalue weighted by molar-refractivity contribution is -0.138. The van der Waals surface area contributed by atoms with Crippen molar-refractivity contribution in [3.63, 3.8) is 0 Å². The fourth-order valence-corrected chi connectivity index (χ4v) is 4.85. The number of alkyl halides is 3. The first-order valence-corrected chi connectivity index (χ1v) is 9.85. The van der Waals surface area contributed by atoms with Crippen LogP contribution in [0.3, 0.4) is 0 Å². The quantitative estimate of drug-likeness (QED) is 0.694. The molecule has 0 atom stereocenters. The lowest BCUT2D eigenvalue weighted by Crippen LogP contribution is -2.50. The maximum absolute atomic E-state index is 13.2. The third-order valence-corrected chi connectivity index (χ3v) is 6.09. The van der Waals surface area contributed by atoms with Gasteiger partial charge in [-0.15, -0.1) is 0 Å². The first kappa shape index (κ1) is 20.0. The Balaban J connectivity index is 1.68. The molecule has 1 spiro atoms. The second kappa shape index (κ2) is 7.50. The predicted molar refractivity (Wildman–Crippen MR) is 106 cm³/mol. The zero-order valence-corrected chi connectivity index (χ0v) is 16.4. The van der Waals surface area contributed by atoms with Crippen LogP contribution in [0.2, 0.25) is 5.02 Å². The van der Waals surface area contributed by atoms with Gasteiger partial charge in [0.15, 0.2) is 0 Å². The van der Waals surface area contributed by atoms with Crippen molar-refractivity contribution in [1.29, 1.82) is 0 Å². The van der Waals surface area contributed by atoms with Gasteiger partial charge in [-0.3, -0.25) is 4.79 Å². The van der Waals surface area contributed by atoms with Gasteiger partial charge < -0.3 is 10.2 Å². The van der Waals surface area contributed by atoms with Gasteiger partial charge in [-0.25, -0.2) is 0 Å². The molecule has 2 heterocycles. The van der Waals surface area contributed by atoms with E-state index in [1.807, 2.05) is 18.2 Å². The number of fused-ring (bicyclic) bond motifs is 2. The molecule has 2 aromatic carbocycles. The van der Waals surface area contributed by atoms with Crippen molar-refractivity contribution in [3.05, 3.63) is 75.8 Å². The van der Waals surface area contributed by atoms with E-state index in [-0.39, 0.29) is 11.5 Å². The number of nitrogens with one attached hydrogen (secondary N) is 1. The molecule has 0 aliphatic carbocycles. The van der Waals surface area contributed by atoms with Crippen LogP contribution in [0.4, 0.5) is 13.2 Å². The number of hydrogen-bond donors (Lipinski definition) is 1. The summed E-state index contributed by atoms with van der Waals surface area (Å²) in [5.41, 5.74) is 0.664. The van der Waals surface area contributed by atoms with Crippen LogP contribution in [0.5, 0.6) is 0 Å². The van der Waals surface area contributed by atoms with Gasteiger partial charge in [-0.05, 0) is 55.3 Å². The Hall–Kier alpha value is -2.31. The first-order valence-electron chi connectivity index (χ1n) is 9.47. The van der Waals surface area contributed by atoms with E-state index in [1.165, 1.54) is 30.4 Å². The van der Waals surface area contributed by atoms with E-state index in [1.54, 1.807) is 4.90 Å². The Morgan fingerprint density at radius 1 is 1.10 bits per heavy atom. The van der Waals surface area contributed by atoms with Crippen LogP contribution < -0.4 is 5.32 Å². The summed E-state index contributed by atoms with van der Waals surface area (Å²) < 4.78 is 39.7. The third kappa shape index (κ3) is 3.55. The topological polar surface area (TPSA) is 32.3 Å². The Bertz CT molecular complexity index is 965. The minimum atomic E-state index is -4.47. The van der Waals surface area contributed by atoms with Gasteiger partial charge in [0.05, 0.1) is 11.1 Å². The summed E-state index contributed by atoms with van der Waals surface area (Å²) >= 11 is 6.51. The molecular formula is C22H20ClF3N2O. The van der Waals surface area contributed by atoms with Crippen LogP contribution >= 0.6 is 11.6 Å². The minimum absolute atomic E-state index is 0.0255. The molecule has 4 rings (SSSR count). The molecule has 1 fully saturated rings. The standard InChI is InChI=1S/C22H20ClF3N2O/c23-18-7-3-5-16-14-28(21(20(16)18)10-12-27-13-11-21)19(29)9-8-15-4-1-2-6-17(15)22(24,25)26/h1-9,27H,10-14H2. The second-order valence-corrected chi connectivity index (χ2v) is 7.81. The SMILES string of the molecule is O=C(C=Cc1ccccc1C(F)(F)F)N1Cc2cccc(Cl)c2C12CCNCC2. The molecule has 0 unspecified atom stereocenters. The van der Waals surface area contributed by atoms with E-state index in [2.05, 4.69) is 5.32 Å². The monoisotopic (exact) mass is 420 g/mol. The third-order valence-electron chi connectivity index (χ3n) is 5.78. The Morgan fingerprint density at radius 2 is 1.83 bits per heavy atom. The molecular weight excluding hydrogens is 401 g/mol. The van der Waals surface area contributed by atoms with Crippen LogP contribution in [-0.4, -0.2) is 23.9 Å². The van der Waals surface area contributed by atoms with E-state index >= 15 is 0 Å². The molecule has 1 saturated heterocycles. The van der Waals surface area contributed by atoms with Crippen LogP contribution in [-0.2, 0) is 23.1 Å². The lowest BCUT2D eigenvalue weighted by atomic mass is 9.81. The van der Waals surface area contributed by atoms with Crippen molar-refractivity contribution < 1.29 is 18.0 Å². The number of carbonyl (C=O) groups is 1. The maximum atomic E-state index is 13.2. The lowest BCUT2D eigenvalue weighted by Gasteiger charge is -2.42. The van der Waals surface area contributed by atoms with Crippen LogP contribution in [0, 0.1) is 0 Å². The normalized spacial score (nSPS) is 18.4. The maximum Gasteiger partial charge on any atom is 0.416 e. The molecule has 0 radical (unpaired) electrons. The fourth-order valence-electron chi connectivity index (χ4n) is 4.48. The summed E-state index contributed by atoms with van der Waals surface area (Å²) in [6, 6.07) is 10.9. The molecule has 0 bridgehead atoms. The zero-order chi connectivity index (χ0) is 20.6. The fraction of sp³-hybridized carbons (Fsp3) is 0.318. The number of rotatable bonds is 2. The van der Waals surface area contributed by atoms with Crippen LogP contribution in [0.15, 0.2) is 48.5 Å². The summed E-state index contributed by atoms with van der Waals surface area (Å²) in [5.74, 6) is -0.309. The number of halogens is 4. The number of hydrogen-bond acceptors (Lipinski definition) is 2. The number of amides is 1. The molecule has 7 heteroatoms. The van der Waals surface area contributed by atoms with Gasteiger partial charge in [0, 0.05) is 23.2 Å². The number of nitrogens with zero attached hydrogens (tertiary/aromatic N) is 1. The van der Waals surface area contributed by atoms with E-state index in [4.69, 9.17) is 11.6 Å². The summed E-state index contributed by atoms with van der Waals surface area (Å²) in [4.78, 5) is 14.9. The number of carbonyl (C=O) groups excluding carboxylic acids is 1. The van der Waals surface area contributed by atoms with Crippen molar-refractivity contribution in [2.24, 2.45) is 0 Å². The van der Waals surface area contributed by atoms with Crippen LogP contribution in [0.1, 0.15) is 35.1 Å². The van der Waals surface area contributed by atoms with E-state index in [9.17, 15) is 18.0 Å². The second-order valence-electron chi connectivity index (χ2n) is 7.40. The van der Waals surface area contributed by atoms with E-state index in [0.29, 0.717) is 24.4 Å². The summed E-state index contributed by atoms with van der Waals surface area (Å²) in [7, 11) is 0. The summed E-state index contributed by atoms with van der Waals surface area (Å²) in [5, 5.41) is 3.93. The highest BCUT2D eigenvalue weighted by Crippen LogP contribution is 2.48. The van der Waals surface area contributed by atoms with Crippen LogP contribution in [0.25, 0.3) is 6.08 Å². The molecule has 2 aliphatic rings. The highest BCUT2D eigenvalue weighted by atomic mass is 35.5. The summed E-state index contributed by atoms with van der Waals surface area (Å²) in [6.45, 7) is 1.89. The molecule has 3 nitrogen and oxygen atoms in total. The highest BCUT2D eigenvalue weighted by Gasteiger charge is 2.48. The highest BCUT2D eigenvalue weighted by molar-refractivity contribution is 6.31. The number of piperidine rings is 1. The van der Waals surface area contributed by atoms with Gasteiger partial charge in [-0.2, -0.15) is 13.2 Å². The number of benzene rings is 2. The molecule has 1 amide bonds. The van der Waals surface area contributed by atoms with Gasteiger partial charge in [0.1, 0.15) is 0 Å². The molecule has 0 saturated carbocycles. The first-order chi connectivity index (χ1) is 13.8. The van der Waals surface area contributed by atoms with Crippen molar-refractivity contribution in [2.75, 3.05) is 13.1 Å².